The Morgan fingerprint density at radius 3 is 3.00 bits per heavy atom. The Hall–Kier alpha value is -0.420. The molecule has 0 radical (unpaired) electrons. The highest BCUT2D eigenvalue weighted by Crippen LogP contribution is 2.04. The maximum absolute atomic E-state index is 10.9. The standard InChI is InChI=1S/C9H18N2O2S/c1-14(13)6-2-5-10-7-8-3-4-9(12)11-8/h8,10H,2-7H2,1H3,(H,11,12). The fraction of sp³-hybridized carbons (Fsp3) is 0.889. The van der Waals surface area contributed by atoms with Crippen LogP contribution < -0.4 is 10.6 Å². The number of carbonyl (C=O) groups is 1. The minimum Gasteiger partial charge on any atom is -0.352 e. The lowest BCUT2D eigenvalue weighted by molar-refractivity contribution is -0.119. The van der Waals surface area contributed by atoms with Crippen molar-refractivity contribution in [3.05, 3.63) is 0 Å². The second kappa shape index (κ2) is 6.14. The Morgan fingerprint density at radius 1 is 1.64 bits per heavy atom. The van der Waals surface area contributed by atoms with Crippen molar-refractivity contribution >= 4 is 16.7 Å². The smallest absolute Gasteiger partial charge is 0.220 e. The highest BCUT2D eigenvalue weighted by Gasteiger charge is 2.19. The molecule has 1 saturated heterocycles. The second-order valence-corrected chi connectivity index (χ2v) is 5.19. The van der Waals surface area contributed by atoms with Gasteiger partial charge < -0.3 is 10.6 Å². The van der Waals surface area contributed by atoms with Crippen LogP contribution in [0.25, 0.3) is 0 Å². The zero-order valence-electron chi connectivity index (χ0n) is 8.54. The van der Waals surface area contributed by atoms with Crippen molar-refractivity contribution in [2.24, 2.45) is 0 Å². The van der Waals surface area contributed by atoms with E-state index in [-0.39, 0.29) is 5.91 Å². The predicted molar refractivity (Wildman–Crippen MR) is 57.6 cm³/mol. The molecule has 1 aliphatic heterocycles. The molecule has 1 amide bonds. The minimum atomic E-state index is -0.686. The molecule has 82 valence electrons. The van der Waals surface area contributed by atoms with Crippen molar-refractivity contribution in [1.29, 1.82) is 0 Å². The summed E-state index contributed by atoms with van der Waals surface area (Å²) in [5.41, 5.74) is 0. The van der Waals surface area contributed by atoms with Gasteiger partial charge in [-0.15, -0.1) is 0 Å². The first-order chi connectivity index (χ1) is 6.68. The lowest BCUT2D eigenvalue weighted by Gasteiger charge is -2.10. The van der Waals surface area contributed by atoms with Gasteiger partial charge in [-0.25, -0.2) is 0 Å². The van der Waals surface area contributed by atoms with Crippen LogP contribution in [0.1, 0.15) is 19.3 Å². The summed E-state index contributed by atoms with van der Waals surface area (Å²) in [6.07, 6.45) is 4.25. The molecule has 0 aromatic rings. The quantitative estimate of drug-likeness (QED) is 0.598. The second-order valence-electron chi connectivity index (χ2n) is 3.64. The van der Waals surface area contributed by atoms with Crippen LogP contribution in [0.4, 0.5) is 0 Å². The number of amides is 1. The highest BCUT2D eigenvalue weighted by atomic mass is 32.2. The van der Waals surface area contributed by atoms with Gasteiger partial charge in [0.15, 0.2) is 0 Å². The van der Waals surface area contributed by atoms with Gasteiger partial charge in [-0.1, -0.05) is 0 Å². The van der Waals surface area contributed by atoms with Gasteiger partial charge in [-0.3, -0.25) is 9.00 Å². The molecule has 1 fully saturated rings. The molecular weight excluding hydrogens is 200 g/mol. The number of hydrogen-bond donors (Lipinski definition) is 2. The molecule has 1 rings (SSSR count). The predicted octanol–water partition coefficient (Wildman–Crippen LogP) is -0.377. The Balaban J connectivity index is 1.94. The van der Waals surface area contributed by atoms with Gasteiger partial charge in [0.25, 0.3) is 0 Å². The SMILES string of the molecule is CS(=O)CCCNCC1CCC(=O)N1. The molecule has 0 aromatic heterocycles. The Bertz CT molecular complexity index is 221. The monoisotopic (exact) mass is 218 g/mol. The van der Waals surface area contributed by atoms with Crippen molar-refractivity contribution in [3.63, 3.8) is 0 Å². The van der Waals surface area contributed by atoms with E-state index in [4.69, 9.17) is 0 Å². The van der Waals surface area contributed by atoms with E-state index in [1.807, 2.05) is 0 Å². The molecule has 5 heteroatoms. The molecule has 2 atom stereocenters. The first-order valence-corrected chi connectivity index (χ1v) is 6.71. The van der Waals surface area contributed by atoms with E-state index in [2.05, 4.69) is 10.6 Å². The lowest BCUT2D eigenvalue weighted by atomic mass is 10.2. The van der Waals surface area contributed by atoms with Gasteiger partial charge in [-0.2, -0.15) is 0 Å². The zero-order valence-corrected chi connectivity index (χ0v) is 9.36. The van der Waals surface area contributed by atoms with Crippen LogP contribution in [-0.4, -0.2) is 41.3 Å². The molecular formula is C9H18N2O2S. The van der Waals surface area contributed by atoms with Crippen LogP contribution in [-0.2, 0) is 15.6 Å². The number of hydrogen-bond acceptors (Lipinski definition) is 3. The Kier molecular flexibility index (Phi) is 5.11. The average molecular weight is 218 g/mol. The summed E-state index contributed by atoms with van der Waals surface area (Å²) in [5.74, 6) is 0.913. The van der Waals surface area contributed by atoms with Gasteiger partial charge in [0.2, 0.25) is 5.91 Å². The van der Waals surface area contributed by atoms with E-state index in [1.54, 1.807) is 6.26 Å². The molecule has 0 aromatic carbocycles. The molecule has 4 nitrogen and oxygen atoms in total. The minimum absolute atomic E-state index is 0.159. The summed E-state index contributed by atoms with van der Waals surface area (Å²) >= 11 is 0. The van der Waals surface area contributed by atoms with Crippen LogP contribution in [0.2, 0.25) is 0 Å². The third-order valence-corrected chi connectivity index (χ3v) is 3.12. The largest absolute Gasteiger partial charge is 0.352 e. The molecule has 14 heavy (non-hydrogen) atoms. The summed E-state index contributed by atoms with van der Waals surface area (Å²) < 4.78 is 10.7. The van der Waals surface area contributed by atoms with Gasteiger partial charge in [0.1, 0.15) is 0 Å². The molecule has 2 N–H and O–H groups in total. The van der Waals surface area contributed by atoms with E-state index in [1.165, 1.54) is 0 Å². The number of rotatable bonds is 6. The fourth-order valence-corrected chi connectivity index (χ4v) is 2.06. The molecule has 0 saturated carbocycles. The highest BCUT2D eigenvalue weighted by molar-refractivity contribution is 7.84. The van der Waals surface area contributed by atoms with Crippen molar-refractivity contribution < 1.29 is 9.00 Å². The van der Waals surface area contributed by atoms with E-state index in [9.17, 15) is 9.00 Å². The maximum Gasteiger partial charge on any atom is 0.220 e. The van der Waals surface area contributed by atoms with Gasteiger partial charge >= 0.3 is 0 Å². The molecule has 0 bridgehead atoms. The van der Waals surface area contributed by atoms with Crippen LogP contribution in [0.3, 0.4) is 0 Å². The van der Waals surface area contributed by atoms with Gasteiger partial charge in [0.05, 0.1) is 0 Å². The summed E-state index contributed by atoms with van der Waals surface area (Å²) in [6.45, 7) is 1.72. The van der Waals surface area contributed by atoms with Gasteiger partial charge in [-0.05, 0) is 19.4 Å². The normalized spacial score (nSPS) is 23.5. The third kappa shape index (κ3) is 4.72. The summed E-state index contributed by atoms with van der Waals surface area (Å²) in [4.78, 5) is 10.9. The summed E-state index contributed by atoms with van der Waals surface area (Å²) in [7, 11) is -0.686. The average Bonchev–Trinajstić information content (AvgIpc) is 2.50. The van der Waals surface area contributed by atoms with Gasteiger partial charge in [0, 0.05) is 41.8 Å². The molecule has 2 unspecified atom stereocenters. The molecule has 1 heterocycles. The van der Waals surface area contributed by atoms with Crippen LogP contribution in [0, 0.1) is 0 Å². The van der Waals surface area contributed by atoms with Crippen molar-refractivity contribution in [3.8, 4) is 0 Å². The van der Waals surface area contributed by atoms with E-state index < -0.39 is 10.8 Å². The van der Waals surface area contributed by atoms with E-state index in [0.29, 0.717) is 12.5 Å². The van der Waals surface area contributed by atoms with Crippen LogP contribution in [0.15, 0.2) is 0 Å². The number of nitrogens with one attached hydrogen (secondary N) is 2. The topological polar surface area (TPSA) is 58.2 Å². The maximum atomic E-state index is 10.9. The Morgan fingerprint density at radius 2 is 2.43 bits per heavy atom. The first-order valence-electron chi connectivity index (χ1n) is 4.98. The molecule has 1 aliphatic rings. The van der Waals surface area contributed by atoms with E-state index in [0.717, 1.165) is 31.7 Å². The summed E-state index contributed by atoms with van der Waals surface area (Å²) in [5, 5.41) is 6.15. The third-order valence-electron chi connectivity index (χ3n) is 2.26. The molecule has 0 spiro atoms. The number of carbonyl (C=O) groups excluding carboxylic acids is 1. The Labute approximate surface area is 87.3 Å². The first kappa shape index (κ1) is 11.7. The zero-order chi connectivity index (χ0) is 10.4. The lowest BCUT2D eigenvalue weighted by Crippen LogP contribution is -2.36. The van der Waals surface area contributed by atoms with Crippen molar-refractivity contribution in [1.82, 2.24) is 10.6 Å². The van der Waals surface area contributed by atoms with E-state index >= 15 is 0 Å². The summed E-state index contributed by atoms with van der Waals surface area (Å²) in [6, 6.07) is 0.301. The van der Waals surface area contributed by atoms with Crippen LogP contribution >= 0.6 is 0 Å². The van der Waals surface area contributed by atoms with Crippen LogP contribution in [0.5, 0.6) is 0 Å². The van der Waals surface area contributed by atoms with Crippen molar-refractivity contribution in [2.75, 3.05) is 25.1 Å². The molecule has 0 aliphatic carbocycles. The van der Waals surface area contributed by atoms with Crippen molar-refractivity contribution in [2.45, 2.75) is 25.3 Å². The fourth-order valence-electron chi connectivity index (χ4n) is 1.51.